The van der Waals surface area contributed by atoms with E-state index >= 15 is 0 Å². The number of methoxy groups -OCH3 is 1. The Kier molecular flexibility index (Phi) is 11.0. The monoisotopic (exact) mass is 450 g/mol. The molecule has 2 N–H and O–H groups in total. The number of ether oxygens (including phenoxy) is 1. The van der Waals surface area contributed by atoms with Gasteiger partial charge in [-0.3, -0.25) is 4.99 Å². The zero-order valence-electron chi connectivity index (χ0n) is 14.8. The van der Waals surface area contributed by atoms with Gasteiger partial charge in [-0.25, -0.2) is 0 Å². The molecule has 24 heavy (non-hydrogen) atoms. The molecule has 0 bridgehead atoms. The van der Waals surface area contributed by atoms with E-state index in [1.165, 1.54) is 32.1 Å². The van der Waals surface area contributed by atoms with E-state index in [-0.39, 0.29) is 24.0 Å². The zero-order valence-corrected chi connectivity index (χ0v) is 17.2. The minimum absolute atomic E-state index is 0. The molecule has 1 aliphatic rings. The molecule has 0 aromatic carbocycles. The molecule has 1 fully saturated rings. The average molecular weight is 450 g/mol. The van der Waals surface area contributed by atoms with Gasteiger partial charge in [0, 0.05) is 32.7 Å². The summed E-state index contributed by atoms with van der Waals surface area (Å²) in [5.41, 5.74) is 0. The summed E-state index contributed by atoms with van der Waals surface area (Å²) in [6.07, 6.45) is 9.13. The zero-order chi connectivity index (χ0) is 16.3. The summed E-state index contributed by atoms with van der Waals surface area (Å²) >= 11 is 0. The molecule has 0 amide bonds. The molecule has 2 rings (SSSR count). The first-order chi connectivity index (χ1) is 11.3. The van der Waals surface area contributed by atoms with E-state index in [2.05, 4.69) is 37.3 Å². The van der Waals surface area contributed by atoms with Gasteiger partial charge in [0.15, 0.2) is 5.96 Å². The molecule has 8 heteroatoms. The smallest absolute Gasteiger partial charge is 0.191 e. The van der Waals surface area contributed by atoms with Crippen LogP contribution in [0.2, 0.25) is 0 Å². The lowest BCUT2D eigenvalue weighted by atomic mass is 9.96. The lowest BCUT2D eigenvalue weighted by molar-refractivity contribution is 0.207. The molecule has 1 aromatic rings. The number of hydrogen-bond donors (Lipinski definition) is 2. The van der Waals surface area contributed by atoms with Crippen LogP contribution in [-0.4, -0.2) is 53.6 Å². The largest absolute Gasteiger partial charge is 0.383 e. The van der Waals surface area contributed by atoms with Gasteiger partial charge >= 0.3 is 0 Å². The van der Waals surface area contributed by atoms with Crippen LogP contribution in [0, 0.1) is 0 Å². The number of aliphatic imine (C=N–C) groups is 1. The lowest BCUT2D eigenvalue weighted by Crippen LogP contribution is -2.45. The fraction of sp³-hybridized carbons (Fsp3) is 0.812. The summed E-state index contributed by atoms with van der Waals surface area (Å²) in [4.78, 5) is 4.60. The maximum Gasteiger partial charge on any atom is 0.191 e. The van der Waals surface area contributed by atoms with E-state index in [1.807, 2.05) is 0 Å². The second kappa shape index (κ2) is 12.5. The van der Waals surface area contributed by atoms with Crippen molar-refractivity contribution in [2.75, 3.05) is 26.8 Å². The number of aromatic nitrogens is 3. The fourth-order valence-corrected chi connectivity index (χ4v) is 2.88. The van der Waals surface area contributed by atoms with Crippen molar-refractivity contribution >= 4 is 29.9 Å². The minimum atomic E-state index is 0. The van der Waals surface area contributed by atoms with Crippen LogP contribution in [-0.2, 0) is 17.7 Å². The molecule has 0 aliphatic heterocycles. The van der Waals surface area contributed by atoms with Crippen LogP contribution in [0.3, 0.4) is 0 Å². The Morgan fingerprint density at radius 1 is 1.38 bits per heavy atom. The highest BCUT2D eigenvalue weighted by molar-refractivity contribution is 14.0. The molecule has 0 saturated heterocycles. The quantitative estimate of drug-likeness (QED) is 0.274. The number of rotatable bonds is 8. The highest BCUT2D eigenvalue weighted by Crippen LogP contribution is 2.17. The topological polar surface area (TPSA) is 76.4 Å². The third kappa shape index (κ3) is 7.33. The van der Waals surface area contributed by atoms with Gasteiger partial charge in [-0.1, -0.05) is 26.2 Å². The van der Waals surface area contributed by atoms with Gasteiger partial charge in [-0.2, -0.15) is 0 Å². The van der Waals surface area contributed by atoms with Crippen LogP contribution < -0.4 is 10.6 Å². The molecular weight excluding hydrogens is 419 g/mol. The molecule has 7 nitrogen and oxygen atoms in total. The van der Waals surface area contributed by atoms with Gasteiger partial charge in [-0.05, 0) is 12.8 Å². The summed E-state index contributed by atoms with van der Waals surface area (Å²) in [5.74, 6) is 1.91. The van der Waals surface area contributed by atoms with Crippen molar-refractivity contribution < 1.29 is 4.74 Å². The first-order valence-electron chi connectivity index (χ1n) is 8.74. The van der Waals surface area contributed by atoms with Crippen molar-refractivity contribution in [1.82, 2.24) is 25.4 Å². The predicted molar refractivity (Wildman–Crippen MR) is 107 cm³/mol. The second-order valence-corrected chi connectivity index (χ2v) is 5.92. The van der Waals surface area contributed by atoms with Crippen molar-refractivity contribution in [3.8, 4) is 0 Å². The molecule has 1 aromatic heterocycles. The van der Waals surface area contributed by atoms with Gasteiger partial charge in [0.25, 0.3) is 0 Å². The fourth-order valence-electron chi connectivity index (χ4n) is 2.88. The number of nitrogens with zero attached hydrogens (tertiary/aromatic N) is 4. The maximum atomic E-state index is 5.09. The molecule has 0 spiro atoms. The van der Waals surface area contributed by atoms with Gasteiger partial charge in [0.2, 0.25) is 0 Å². The van der Waals surface area contributed by atoms with E-state index < -0.39 is 0 Å². The normalized spacial score (nSPS) is 15.8. The van der Waals surface area contributed by atoms with Gasteiger partial charge < -0.3 is 19.9 Å². The summed E-state index contributed by atoms with van der Waals surface area (Å²) in [6, 6.07) is 0.540. The summed E-state index contributed by atoms with van der Waals surface area (Å²) in [6.45, 7) is 5.05. The van der Waals surface area contributed by atoms with Gasteiger partial charge in [0.05, 0.1) is 13.2 Å². The average Bonchev–Trinajstić information content (AvgIpc) is 3.03. The highest BCUT2D eigenvalue weighted by atomic mass is 127. The molecule has 1 aliphatic carbocycles. The summed E-state index contributed by atoms with van der Waals surface area (Å²) in [7, 11) is 1.70. The second-order valence-electron chi connectivity index (χ2n) is 5.92. The number of aryl methyl sites for hydroxylation is 1. The van der Waals surface area contributed by atoms with Crippen LogP contribution >= 0.6 is 24.0 Å². The minimum Gasteiger partial charge on any atom is -0.383 e. The maximum absolute atomic E-state index is 5.09. The van der Waals surface area contributed by atoms with E-state index in [0.29, 0.717) is 19.2 Å². The Labute approximate surface area is 162 Å². The van der Waals surface area contributed by atoms with Crippen molar-refractivity contribution in [3.05, 3.63) is 12.2 Å². The van der Waals surface area contributed by atoms with Crippen molar-refractivity contribution in [2.45, 2.75) is 58.0 Å². The van der Waals surface area contributed by atoms with Gasteiger partial charge in [-0.15, -0.1) is 34.2 Å². The third-order valence-electron chi connectivity index (χ3n) is 4.17. The molecule has 0 radical (unpaired) electrons. The summed E-state index contributed by atoms with van der Waals surface area (Å²) < 4.78 is 7.18. The van der Waals surface area contributed by atoms with E-state index in [1.54, 1.807) is 13.4 Å². The number of hydrogen-bond acceptors (Lipinski definition) is 4. The van der Waals surface area contributed by atoms with Crippen molar-refractivity contribution in [3.63, 3.8) is 0 Å². The molecule has 1 heterocycles. The molecule has 138 valence electrons. The highest BCUT2D eigenvalue weighted by Gasteiger charge is 2.14. The van der Waals surface area contributed by atoms with E-state index in [4.69, 9.17) is 4.74 Å². The third-order valence-corrected chi connectivity index (χ3v) is 4.17. The predicted octanol–water partition coefficient (Wildman–Crippen LogP) is 1.97. The summed E-state index contributed by atoms with van der Waals surface area (Å²) in [5, 5.41) is 15.1. The van der Waals surface area contributed by atoms with Crippen molar-refractivity contribution in [1.29, 1.82) is 0 Å². The Morgan fingerprint density at radius 2 is 2.17 bits per heavy atom. The number of guanidine groups is 1. The Hall–Kier alpha value is -0.900. The van der Waals surface area contributed by atoms with E-state index in [9.17, 15) is 0 Å². The SMILES string of the molecule is CCc1nncn1CCNC(=NCCOC)NC1CCCCC1.I. The molecule has 1 saturated carbocycles. The first-order valence-corrected chi connectivity index (χ1v) is 8.74. The Morgan fingerprint density at radius 3 is 2.88 bits per heavy atom. The molecule has 0 unspecified atom stereocenters. The Balaban J connectivity index is 0.00000288. The van der Waals surface area contributed by atoms with Crippen LogP contribution in [0.1, 0.15) is 44.9 Å². The van der Waals surface area contributed by atoms with Crippen LogP contribution in [0.4, 0.5) is 0 Å². The van der Waals surface area contributed by atoms with Crippen LogP contribution in [0.15, 0.2) is 11.3 Å². The van der Waals surface area contributed by atoms with Crippen LogP contribution in [0.25, 0.3) is 0 Å². The standard InChI is InChI=1S/C16H30N6O.HI/c1-3-15-21-19-13-22(15)11-9-17-16(18-10-12-23-2)20-14-7-5-4-6-8-14;/h13-14H,3-12H2,1-2H3,(H2,17,18,20);1H. The van der Waals surface area contributed by atoms with Gasteiger partial charge in [0.1, 0.15) is 12.2 Å². The molecular formula is C16H31IN6O. The number of nitrogens with one attached hydrogen (secondary N) is 2. The number of halogens is 1. The van der Waals surface area contributed by atoms with E-state index in [0.717, 1.165) is 31.3 Å². The molecule has 0 atom stereocenters. The Bertz CT molecular complexity index is 473. The lowest BCUT2D eigenvalue weighted by Gasteiger charge is -2.25. The van der Waals surface area contributed by atoms with Crippen LogP contribution in [0.5, 0.6) is 0 Å². The first kappa shape index (κ1) is 21.1. The van der Waals surface area contributed by atoms with Crippen molar-refractivity contribution in [2.24, 2.45) is 4.99 Å².